The van der Waals surface area contributed by atoms with Gasteiger partial charge in [-0.15, -0.1) is 0 Å². The van der Waals surface area contributed by atoms with E-state index in [0.717, 1.165) is 24.7 Å². The Labute approximate surface area is 124 Å². The minimum absolute atomic E-state index is 0.399. The minimum atomic E-state index is 0.399. The van der Waals surface area contributed by atoms with Gasteiger partial charge < -0.3 is 10.2 Å². The molecule has 1 N–H and O–H groups in total. The summed E-state index contributed by atoms with van der Waals surface area (Å²) >= 11 is 0. The van der Waals surface area contributed by atoms with E-state index < -0.39 is 0 Å². The molecule has 20 heavy (non-hydrogen) atoms. The second kappa shape index (κ2) is 7.46. The molecule has 0 unspecified atom stereocenters. The van der Waals surface area contributed by atoms with Gasteiger partial charge in [0, 0.05) is 25.7 Å². The molecule has 1 rings (SSSR count). The van der Waals surface area contributed by atoms with E-state index in [4.69, 9.17) is 0 Å². The van der Waals surface area contributed by atoms with Gasteiger partial charge >= 0.3 is 0 Å². The van der Waals surface area contributed by atoms with Crippen LogP contribution in [0.3, 0.4) is 0 Å². The van der Waals surface area contributed by atoms with Crippen LogP contribution in [0.1, 0.15) is 53.0 Å². The van der Waals surface area contributed by atoms with E-state index in [0.29, 0.717) is 17.8 Å². The molecule has 0 fully saturated rings. The standard InChI is InChI=1S/C16H30N4/c1-11(2)8-20(9-12(3)4)16-14(13(5)6)15(17-7)18-10-19-16/h10-13H,8-9H2,1-7H3,(H,17,18,19). The van der Waals surface area contributed by atoms with Gasteiger partial charge in [0.15, 0.2) is 0 Å². The van der Waals surface area contributed by atoms with Crippen LogP contribution in [-0.4, -0.2) is 30.1 Å². The van der Waals surface area contributed by atoms with Gasteiger partial charge in [-0.3, -0.25) is 0 Å². The fourth-order valence-corrected chi connectivity index (χ4v) is 2.50. The lowest BCUT2D eigenvalue weighted by Gasteiger charge is -2.30. The van der Waals surface area contributed by atoms with Crippen molar-refractivity contribution in [1.82, 2.24) is 9.97 Å². The number of anilines is 2. The molecule has 4 heteroatoms. The van der Waals surface area contributed by atoms with Crippen LogP contribution in [0.25, 0.3) is 0 Å². The first-order chi connectivity index (χ1) is 9.36. The Morgan fingerprint density at radius 2 is 1.55 bits per heavy atom. The van der Waals surface area contributed by atoms with Crippen LogP contribution in [0.4, 0.5) is 11.6 Å². The predicted octanol–water partition coefficient (Wildman–Crippen LogP) is 3.76. The smallest absolute Gasteiger partial charge is 0.137 e. The number of hydrogen-bond acceptors (Lipinski definition) is 4. The highest BCUT2D eigenvalue weighted by molar-refractivity contribution is 5.60. The maximum atomic E-state index is 4.59. The van der Waals surface area contributed by atoms with Gasteiger partial charge in [-0.2, -0.15) is 0 Å². The molecule has 1 aromatic rings. The number of nitrogens with one attached hydrogen (secondary N) is 1. The first-order valence-corrected chi connectivity index (χ1v) is 7.64. The minimum Gasteiger partial charge on any atom is -0.373 e. The summed E-state index contributed by atoms with van der Waals surface area (Å²) in [7, 11) is 1.92. The number of nitrogens with zero attached hydrogens (tertiary/aromatic N) is 3. The van der Waals surface area contributed by atoms with Crippen molar-refractivity contribution in [3.05, 3.63) is 11.9 Å². The first-order valence-electron chi connectivity index (χ1n) is 7.64. The normalized spacial score (nSPS) is 11.5. The van der Waals surface area contributed by atoms with E-state index in [1.165, 1.54) is 5.56 Å². The molecular formula is C16H30N4. The Bertz CT molecular complexity index is 403. The zero-order chi connectivity index (χ0) is 15.3. The van der Waals surface area contributed by atoms with Gasteiger partial charge in [-0.05, 0) is 17.8 Å². The fraction of sp³-hybridized carbons (Fsp3) is 0.750. The summed E-state index contributed by atoms with van der Waals surface area (Å²) in [6.07, 6.45) is 1.67. The summed E-state index contributed by atoms with van der Waals surface area (Å²) in [6.45, 7) is 15.5. The van der Waals surface area contributed by atoms with Crippen molar-refractivity contribution in [2.45, 2.75) is 47.5 Å². The molecule has 0 aliphatic rings. The van der Waals surface area contributed by atoms with Gasteiger partial charge in [-0.25, -0.2) is 9.97 Å². The Kier molecular flexibility index (Phi) is 6.24. The van der Waals surface area contributed by atoms with Crippen LogP contribution < -0.4 is 10.2 Å². The van der Waals surface area contributed by atoms with E-state index in [1.807, 2.05) is 7.05 Å². The summed E-state index contributed by atoms with van der Waals surface area (Å²) in [4.78, 5) is 11.4. The van der Waals surface area contributed by atoms with Gasteiger partial charge in [0.25, 0.3) is 0 Å². The molecule has 0 aliphatic carbocycles. The van der Waals surface area contributed by atoms with E-state index in [-0.39, 0.29) is 0 Å². The van der Waals surface area contributed by atoms with Crippen molar-refractivity contribution in [1.29, 1.82) is 0 Å². The quantitative estimate of drug-likeness (QED) is 0.824. The lowest BCUT2D eigenvalue weighted by molar-refractivity contribution is 0.546. The van der Waals surface area contributed by atoms with E-state index in [9.17, 15) is 0 Å². The zero-order valence-electron chi connectivity index (χ0n) is 14.1. The van der Waals surface area contributed by atoms with Crippen LogP contribution in [0.15, 0.2) is 6.33 Å². The molecule has 0 bridgehead atoms. The Balaban J connectivity index is 3.23. The molecule has 0 aliphatic heterocycles. The average molecular weight is 278 g/mol. The van der Waals surface area contributed by atoms with Gasteiger partial charge in [0.1, 0.15) is 18.0 Å². The first kappa shape index (κ1) is 16.7. The highest BCUT2D eigenvalue weighted by Crippen LogP contribution is 2.31. The highest BCUT2D eigenvalue weighted by atomic mass is 15.2. The molecule has 1 heterocycles. The molecule has 4 nitrogen and oxygen atoms in total. The van der Waals surface area contributed by atoms with Crippen molar-refractivity contribution in [2.75, 3.05) is 30.4 Å². The molecule has 114 valence electrons. The maximum Gasteiger partial charge on any atom is 0.137 e. The number of aromatic nitrogens is 2. The fourth-order valence-electron chi connectivity index (χ4n) is 2.50. The second-order valence-corrected chi connectivity index (χ2v) is 6.56. The van der Waals surface area contributed by atoms with Crippen molar-refractivity contribution in [3.8, 4) is 0 Å². The topological polar surface area (TPSA) is 41.1 Å². The highest BCUT2D eigenvalue weighted by Gasteiger charge is 2.20. The van der Waals surface area contributed by atoms with Gasteiger partial charge in [0.2, 0.25) is 0 Å². The average Bonchev–Trinajstić information content (AvgIpc) is 2.35. The summed E-state index contributed by atoms with van der Waals surface area (Å²) in [6, 6.07) is 0. The van der Waals surface area contributed by atoms with Gasteiger partial charge in [0.05, 0.1) is 0 Å². The van der Waals surface area contributed by atoms with Crippen molar-refractivity contribution < 1.29 is 0 Å². The Hall–Kier alpha value is -1.32. The molecule has 0 aromatic carbocycles. The second-order valence-electron chi connectivity index (χ2n) is 6.56. The van der Waals surface area contributed by atoms with Crippen LogP contribution in [-0.2, 0) is 0 Å². The third kappa shape index (κ3) is 4.36. The molecule has 0 saturated heterocycles. The lowest BCUT2D eigenvalue weighted by Crippen LogP contribution is -2.33. The predicted molar refractivity (Wildman–Crippen MR) is 87.6 cm³/mol. The molecule has 1 aromatic heterocycles. The van der Waals surface area contributed by atoms with E-state index >= 15 is 0 Å². The summed E-state index contributed by atoms with van der Waals surface area (Å²) in [5.41, 5.74) is 1.22. The summed E-state index contributed by atoms with van der Waals surface area (Å²) in [5, 5.41) is 3.20. The lowest BCUT2D eigenvalue weighted by atomic mass is 10.0. The Morgan fingerprint density at radius 3 is 1.95 bits per heavy atom. The SMILES string of the molecule is CNc1ncnc(N(CC(C)C)CC(C)C)c1C(C)C. The molecule has 0 saturated carbocycles. The van der Waals surface area contributed by atoms with Crippen LogP contribution in [0.5, 0.6) is 0 Å². The number of hydrogen-bond donors (Lipinski definition) is 1. The van der Waals surface area contributed by atoms with Crippen molar-refractivity contribution >= 4 is 11.6 Å². The molecule has 0 atom stereocenters. The molecule has 0 amide bonds. The summed E-state index contributed by atoms with van der Waals surface area (Å²) in [5.74, 6) is 3.66. The van der Waals surface area contributed by atoms with Crippen LogP contribution in [0, 0.1) is 11.8 Å². The Morgan fingerprint density at radius 1 is 1.00 bits per heavy atom. The third-order valence-electron chi connectivity index (χ3n) is 3.15. The van der Waals surface area contributed by atoms with Crippen molar-refractivity contribution in [3.63, 3.8) is 0 Å². The van der Waals surface area contributed by atoms with E-state index in [1.54, 1.807) is 6.33 Å². The monoisotopic (exact) mass is 278 g/mol. The van der Waals surface area contributed by atoms with Crippen LogP contribution in [0.2, 0.25) is 0 Å². The maximum absolute atomic E-state index is 4.59. The largest absolute Gasteiger partial charge is 0.373 e. The van der Waals surface area contributed by atoms with Crippen molar-refractivity contribution in [2.24, 2.45) is 11.8 Å². The third-order valence-corrected chi connectivity index (χ3v) is 3.15. The molecular weight excluding hydrogens is 248 g/mol. The van der Waals surface area contributed by atoms with Gasteiger partial charge in [-0.1, -0.05) is 41.5 Å². The number of rotatable bonds is 7. The zero-order valence-corrected chi connectivity index (χ0v) is 14.1. The van der Waals surface area contributed by atoms with Crippen LogP contribution >= 0.6 is 0 Å². The molecule has 0 spiro atoms. The van der Waals surface area contributed by atoms with E-state index in [2.05, 4.69) is 61.7 Å². The summed E-state index contributed by atoms with van der Waals surface area (Å²) < 4.78 is 0. The molecule has 0 radical (unpaired) electrons.